The van der Waals surface area contributed by atoms with Crippen molar-refractivity contribution in [1.82, 2.24) is 14.5 Å². The molecule has 0 radical (unpaired) electrons. The lowest BCUT2D eigenvalue weighted by Gasteiger charge is -2.15. The zero-order valence-corrected chi connectivity index (χ0v) is 19.1. The molecule has 7 nitrogen and oxygen atoms in total. The molecule has 0 bridgehead atoms. The van der Waals surface area contributed by atoms with Crippen LogP contribution in [-0.2, 0) is 13.2 Å². The summed E-state index contributed by atoms with van der Waals surface area (Å²) < 4.78 is 45.0. The zero-order chi connectivity index (χ0) is 24.6. The topological polar surface area (TPSA) is 97.2 Å². The first kappa shape index (κ1) is 24.0. The highest BCUT2D eigenvalue weighted by Crippen LogP contribution is 2.38. The third-order valence-corrected chi connectivity index (χ3v) is 6.72. The lowest BCUT2D eigenvalue weighted by Crippen LogP contribution is -2.38. The number of rotatable bonds is 6. The summed E-state index contributed by atoms with van der Waals surface area (Å²) in [6.45, 7) is 0.796. The van der Waals surface area contributed by atoms with E-state index in [1.165, 1.54) is 6.20 Å². The molecular weight excluding hydrogens is 495 g/mol. The number of hydrogen-bond acceptors (Lipinski definition) is 6. The van der Waals surface area contributed by atoms with E-state index in [9.17, 15) is 27.9 Å². The van der Waals surface area contributed by atoms with Crippen molar-refractivity contribution in [2.45, 2.75) is 32.4 Å². The summed E-state index contributed by atoms with van der Waals surface area (Å²) in [5.74, 6) is 0.191. The van der Waals surface area contributed by atoms with Gasteiger partial charge in [0.2, 0.25) is 5.88 Å². The predicted octanol–water partition coefficient (Wildman–Crippen LogP) is 4.28. The summed E-state index contributed by atoms with van der Waals surface area (Å²) in [7, 11) is 0. The van der Waals surface area contributed by atoms with Gasteiger partial charge >= 0.3 is 11.9 Å². The highest BCUT2D eigenvalue weighted by molar-refractivity contribution is 7.22. The monoisotopic (exact) mass is 511 g/mol. The maximum Gasteiger partial charge on any atom is 0.416 e. The van der Waals surface area contributed by atoms with E-state index in [1.807, 2.05) is 35.3 Å². The van der Waals surface area contributed by atoms with E-state index in [4.69, 9.17) is 16.3 Å². The average Bonchev–Trinajstić information content (AvgIpc) is 3.13. The molecule has 0 aliphatic heterocycles. The van der Waals surface area contributed by atoms with Crippen molar-refractivity contribution in [3.8, 4) is 16.3 Å². The molecule has 0 aliphatic carbocycles. The summed E-state index contributed by atoms with van der Waals surface area (Å²) in [4.78, 5) is 31.4. The van der Waals surface area contributed by atoms with E-state index in [1.54, 1.807) is 13.0 Å². The Kier molecular flexibility index (Phi) is 6.52. The second kappa shape index (κ2) is 9.24. The second-order valence-electron chi connectivity index (χ2n) is 7.45. The molecule has 3 heterocycles. The fraction of sp³-hybridized carbons (Fsp3) is 0.227. The first-order chi connectivity index (χ1) is 16.1. The van der Waals surface area contributed by atoms with Gasteiger partial charge < -0.3 is 9.84 Å². The van der Waals surface area contributed by atoms with Gasteiger partial charge in [0.1, 0.15) is 16.5 Å². The third kappa shape index (κ3) is 4.72. The van der Waals surface area contributed by atoms with E-state index < -0.39 is 30.1 Å². The quantitative estimate of drug-likeness (QED) is 0.403. The molecule has 0 amide bonds. The summed E-state index contributed by atoms with van der Waals surface area (Å²) >= 11 is 7.27. The lowest BCUT2D eigenvalue weighted by atomic mass is 10.1. The molecule has 0 spiro atoms. The molecule has 0 saturated carbocycles. The minimum Gasteiger partial charge on any atom is -0.472 e. The molecule has 4 rings (SSSR count). The van der Waals surface area contributed by atoms with Gasteiger partial charge in [-0.15, -0.1) is 11.3 Å². The highest BCUT2D eigenvalue weighted by Gasteiger charge is 2.39. The number of aromatic nitrogens is 3. The number of ether oxygens (including phenoxy) is 1. The standard InChI is InChI=1S/C22H17ClF3N3O4S/c1-11-16-18(31)28-21(32)29(9-15(30)22(24,25)26)20(16)34-17(11)13-7-14(23)19(27-8-13)33-10-12-5-3-2-4-6-12/h2-8,15,30H,9-10H2,1H3,(H,28,31,32). The molecule has 178 valence electrons. The van der Waals surface area contributed by atoms with Gasteiger partial charge in [-0.3, -0.25) is 14.3 Å². The molecule has 12 heteroatoms. The number of aryl methyl sites for hydroxylation is 1. The minimum atomic E-state index is -4.93. The smallest absolute Gasteiger partial charge is 0.416 e. The minimum absolute atomic E-state index is 0.00470. The Morgan fingerprint density at radius 1 is 1.26 bits per heavy atom. The molecular formula is C22H17ClF3N3O4S. The maximum absolute atomic E-state index is 12.9. The van der Waals surface area contributed by atoms with Gasteiger partial charge in [0.15, 0.2) is 6.10 Å². The molecule has 0 aliphatic rings. The van der Waals surface area contributed by atoms with Crippen LogP contribution in [-0.4, -0.2) is 31.9 Å². The number of fused-ring (bicyclic) bond motifs is 1. The van der Waals surface area contributed by atoms with Gasteiger partial charge in [-0.1, -0.05) is 41.9 Å². The Labute approximate surface area is 199 Å². The number of benzene rings is 1. The lowest BCUT2D eigenvalue weighted by molar-refractivity contribution is -0.207. The van der Waals surface area contributed by atoms with Gasteiger partial charge in [-0.25, -0.2) is 9.78 Å². The Bertz CT molecular complexity index is 1460. The number of aliphatic hydroxyl groups is 1. The molecule has 1 unspecified atom stereocenters. The van der Waals surface area contributed by atoms with Crippen LogP contribution in [0.15, 0.2) is 52.2 Å². The summed E-state index contributed by atoms with van der Waals surface area (Å²) in [5, 5.41) is 9.72. The van der Waals surface area contributed by atoms with Crippen molar-refractivity contribution >= 4 is 33.2 Å². The van der Waals surface area contributed by atoms with Crippen molar-refractivity contribution in [2.24, 2.45) is 0 Å². The number of nitrogens with zero attached hydrogens (tertiary/aromatic N) is 2. The number of H-pyrrole nitrogens is 1. The highest BCUT2D eigenvalue weighted by atomic mass is 35.5. The van der Waals surface area contributed by atoms with Crippen LogP contribution in [0.3, 0.4) is 0 Å². The van der Waals surface area contributed by atoms with Gasteiger partial charge in [-0.2, -0.15) is 13.2 Å². The first-order valence-corrected chi connectivity index (χ1v) is 11.1. The van der Waals surface area contributed by atoms with E-state index >= 15 is 0 Å². The molecule has 3 aromatic heterocycles. The van der Waals surface area contributed by atoms with E-state index in [0.29, 0.717) is 20.6 Å². The Balaban J connectivity index is 1.72. The molecule has 34 heavy (non-hydrogen) atoms. The van der Waals surface area contributed by atoms with Crippen LogP contribution in [0.5, 0.6) is 5.88 Å². The van der Waals surface area contributed by atoms with Crippen LogP contribution in [0, 0.1) is 6.92 Å². The predicted molar refractivity (Wildman–Crippen MR) is 123 cm³/mol. The van der Waals surface area contributed by atoms with E-state index in [2.05, 4.69) is 4.98 Å². The molecule has 0 fully saturated rings. The largest absolute Gasteiger partial charge is 0.472 e. The number of halogens is 4. The number of thiophene rings is 1. The maximum atomic E-state index is 12.9. The van der Waals surface area contributed by atoms with Crippen LogP contribution >= 0.6 is 22.9 Å². The van der Waals surface area contributed by atoms with Crippen LogP contribution in [0.4, 0.5) is 13.2 Å². The van der Waals surface area contributed by atoms with Crippen LogP contribution < -0.4 is 16.0 Å². The van der Waals surface area contributed by atoms with E-state index in [0.717, 1.165) is 16.9 Å². The molecule has 4 aromatic rings. The van der Waals surface area contributed by atoms with Gasteiger partial charge in [0.05, 0.1) is 11.9 Å². The Hall–Kier alpha value is -3.15. The molecule has 1 aromatic carbocycles. The Morgan fingerprint density at radius 2 is 1.97 bits per heavy atom. The number of nitrogens with one attached hydrogen (secondary N) is 1. The SMILES string of the molecule is Cc1c(-c2cnc(OCc3ccccc3)c(Cl)c2)sc2c1c(=O)[nH]c(=O)n2CC(O)C(F)(F)F. The fourth-order valence-corrected chi connectivity index (χ4v) is 4.89. The third-order valence-electron chi connectivity index (χ3n) is 5.09. The van der Waals surface area contributed by atoms with Crippen LogP contribution in [0.25, 0.3) is 20.7 Å². The van der Waals surface area contributed by atoms with Gasteiger partial charge in [0, 0.05) is 16.6 Å². The number of aliphatic hydroxyl groups excluding tert-OH is 1. The van der Waals surface area contributed by atoms with Gasteiger partial charge in [0.25, 0.3) is 5.56 Å². The van der Waals surface area contributed by atoms with Crippen molar-refractivity contribution < 1.29 is 23.0 Å². The van der Waals surface area contributed by atoms with Gasteiger partial charge in [-0.05, 0) is 24.1 Å². The average molecular weight is 512 g/mol. The summed E-state index contributed by atoms with van der Waals surface area (Å²) in [6.07, 6.45) is -6.24. The number of hydrogen-bond donors (Lipinski definition) is 2. The summed E-state index contributed by atoms with van der Waals surface area (Å²) in [5.41, 5.74) is 0.0647. The summed E-state index contributed by atoms with van der Waals surface area (Å²) in [6, 6.07) is 11.0. The second-order valence-corrected chi connectivity index (χ2v) is 8.86. The van der Waals surface area contributed by atoms with Crippen LogP contribution in [0.2, 0.25) is 5.02 Å². The first-order valence-electron chi connectivity index (χ1n) is 9.90. The zero-order valence-electron chi connectivity index (χ0n) is 17.5. The van der Waals surface area contributed by atoms with Crippen molar-refractivity contribution in [1.29, 1.82) is 0 Å². The van der Waals surface area contributed by atoms with Crippen molar-refractivity contribution in [3.63, 3.8) is 0 Å². The Morgan fingerprint density at radius 3 is 2.62 bits per heavy atom. The molecule has 2 N–H and O–H groups in total. The molecule has 1 atom stereocenters. The number of alkyl halides is 3. The number of pyridine rings is 1. The normalized spacial score (nSPS) is 12.8. The van der Waals surface area contributed by atoms with Crippen molar-refractivity contribution in [2.75, 3.05) is 0 Å². The molecule has 0 saturated heterocycles. The van der Waals surface area contributed by atoms with Crippen LogP contribution in [0.1, 0.15) is 11.1 Å². The van der Waals surface area contributed by atoms with Crippen molar-refractivity contribution in [3.05, 3.63) is 79.6 Å². The van der Waals surface area contributed by atoms with E-state index in [-0.39, 0.29) is 27.7 Å². The number of aromatic amines is 1. The fourth-order valence-electron chi connectivity index (χ4n) is 3.37.